The van der Waals surface area contributed by atoms with Crippen LogP contribution in [0.1, 0.15) is 30.0 Å². The van der Waals surface area contributed by atoms with Gasteiger partial charge in [0.15, 0.2) is 0 Å². The third-order valence-electron chi connectivity index (χ3n) is 4.27. The molecule has 21 heavy (non-hydrogen) atoms. The Morgan fingerprint density at radius 3 is 2.43 bits per heavy atom. The van der Waals surface area contributed by atoms with Crippen molar-refractivity contribution in [2.75, 3.05) is 26.2 Å². The number of rotatable bonds is 3. The molecule has 0 aromatic heterocycles. The van der Waals surface area contributed by atoms with E-state index < -0.39 is 0 Å². The van der Waals surface area contributed by atoms with E-state index in [1.807, 2.05) is 13.0 Å². The van der Waals surface area contributed by atoms with Crippen molar-refractivity contribution in [1.82, 2.24) is 10.2 Å². The molecule has 1 aliphatic carbocycles. The molecule has 120 valence electrons. The molecule has 1 saturated carbocycles. The maximum Gasteiger partial charge on any atom is 0.124 e. The van der Waals surface area contributed by atoms with E-state index in [4.69, 9.17) is 0 Å². The zero-order valence-corrected chi connectivity index (χ0v) is 15.4. The molecule has 2 aliphatic rings. The van der Waals surface area contributed by atoms with Crippen LogP contribution in [0.2, 0.25) is 0 Å². The molecular formula is C15H23BrCl2N2O. The third kappa shape index (κ3) is 4.05. The molecule has 1 aromatic rings. The quantitative estimate of drug-likeness (QED) is 0.816. The molecule has 2 N–H and O–H groups in total. The second-order valence-corrected chi connectivity index (χ2v) is 6.55. The highest BCUT2D eigenvalue weighted by molar-refractivity contribution is 9.10. The fourth-order valence-corrected chi connectivity index (χ4v) is 3.62. The number of phenols is 1. The molecule has 1 saturated heterocycles. The summed E-state index contributed by atoms with van der Waals surface area (Å²) >= 11 is 3.64. The number of aryl methyl sites for hydroxylation is 1. The van der Waals surface area contributed by atoms with Gasteiger partial charge in [0.1, 0.15) is 5.75 Å². The van der Waals surface area contributed by atoms with Crippen LogP contribution >= 0.6 is 40.7 Å². The third-order valence-corrected chi connectivity index (χ3v) is 4.97. The van der Waals surface area contributed by atoms with Crippen molar-refractivity contribution in [3.05, 3.63) is 27.7 Å². The number of piperazine rings is 1. The predicted octanol–water partition coefficient (Wildman–Crippen LogP) is 3.66. The Morgan fingerprint density at radius 2 is 1.86 bits per heavy atom. The van der Waals surface area contributed by atoms with Gasteiger partial charge in [-0.1, -0.05) is 22.0 Å². The number of nitrogens with zero attached hydrogens (tertiary/aromatic N) is 1. The lowest BCUT2D eigenvalue weighted by Gasteiger charge is -2.36. The van der Waals surface area contributed by atoms with E-state index in [0.29, 0.717) is 17.7 Å². The van der Waals surface area contributed by atoms with Gasteiger partial charge in [-0.2, -0.15) is 0 Å². The molecule has 0 radical (unpaired) electrons. The molecule has 0 unspecified atom stereocenters. The van der Waals surface area contributed by atoms with Crippen LogP contribution < -0.4 is 5.32 Å². The topological polar surface area (TPSA) is 35.5 Å². The first kappa shape index (κ1) is 19.0. The minimum absolute atomic E-state index is 0. The lowest BCUT2D eigenvalue weighted by molar-refractivity contribution is 0.153. The highest BCUT2D eigenvalue weighted by Crippen LogP contribution is 2.49. The second kappa shape index (κ2) is 8.02. The van der Waals surface area contributed by atoms with Crippen LogP contribution in [0, 0.1) is 12.8 Å². The second-order valence-electron chi connectivity index (χ2n) is 5.69. The van der Waals surface area contributed by atoms with Gasteiger partial charge in [0.05, 0.1) is 0 Å². The fraction of sp³-hybridized carbons (Fsp3) is 0.600. The highest BCUT2D eigenvalue weighted by Gasteiger charge is 2.39. The predicted molar refractivity (Wildman–Crippen MR) is 94.9 cm³/mol. The summed E-state index contributed by atoms with van der Waals surface area (Å²) in [6.07, 6.45) is 2.57. The monoisotopic (exact) mass is 396 g/mol. The van der Waals surface area contributed by atoms with Crippen LogP contribution in [0.25, 0.3) is 0 Å². The van der Waals surface area contributed by atoms with Crippen molar-refractivity contribution >= 4 is 40.7 Å². The molecule has 6 heteroatoms. The normalized spacial score (nSPS) is 20.3. The first-order valence-electron chi connectivity index (χ1n) is 7.11. The van der Waals surface area contributed by atoms with Gasteiger partial charge in [0, 0.05) is 42.3 Å². The largest absolute Gasteiger partial charge is 0.507 e. The molecule has 3 rings (SSSR count). The molecule has 0 spiro atoms. The number of phenolic OH excluding ortho intramolecular Hbond substituents is 1. The SMILES string of the molecule is Cc1ccc(Br)c([C@H](C2CC2)N2CCNCC2)c1O.Cl.Cl. The fourth-order valence-electron chi connectivity index (χ4n) is 3.06. The number of nitrogens with one attached hydrogen (secondary N) is 1. The van der Waals surface area contributed by atoms with Crippen LogP contribution in [0.15, 0.2) is 16.6 Å². The molecule has 1 aliphatic heterocycles. The Bertz CT molecular complexity index is 477. The first-order chi connectivity index (χ1) is 9.18. The molecule has 2 fully saturated rings. The minimum Gasteiger partial charge on any atom is -0.507 e. The maximum absolute atomic E-state index is 10.5. The van der Waals surface area contributed by atoms with E-state index in [1.165, 1.54) is 12.8 Å². The summed E-state index contributed by atoms with van der Waals surface area (Å²) in [4.78, 5) is 2.54. The number of aromatic hydroxyl groups is 1. The van der Waals surface area contributed by atoms with Gasteiger partial charge in [0.2, 0.25) is 0 Å². The van der Waals surface area contributed by atoms with Gasteiger partial charge < -0.3 is 10.4 Å². The van der Waals surface area contributed by atoms with Crippen LogP contribution in [-0.2, 0) is 0 Å². The Morgan fingerprint density at radius 1 is 1.24 bits per heavy atom. The van der Waals surface area contributed by atoms with E-state index in [1.54, 1.807) is 0 Å². The van der Waals surface area contributed by atoms with Gasteiger partial charge in [-0.05, 0) is 37.3 Å². The maximum atomic E-state index is 10.5. The Balaban J connectivity index is 0.00000110. The molecule has 3 nitrogen and oxygen atoms in total. The van der Waals surface area contributed by atoms with E-state index in [0.717, 1.165) is 41.8 Å². The summed E-state index contributed by atoms with van der Waals surface area (Å²) in [5.74, 6) is 1.19. The summed E-state index contributed by atoms with van der Waals surface area (Å²) in [6.45, 7) is 6.22. The first-order valence-corrected chi connectivity index (χ1v) is 7.90. The van der Waals surface area contributed by atoms with Crippen molar-refractivity contribution < 1.29 is 5.11 Å². The summed E-state index contributed by atoms with van der Waals surface area (Å²) < 4.78 is 1.05. The van der Waals surface area contributed by atoms with E-state index >= 15 is 0 Å². The van der Waals surface area contributed by atoms with Gasteiger partial charge in [-0.25, -0.2) is 0 Å². The number of hydrogen-bond donors (Lipinski definition) is 2. The Labute approximate surface area is 147 Å². The molecule has 0 bridgehead atoms. The smallest absolute Gasteiger partial charge is 0.124 e. The molecule has 1 heterocycles. The van der Waals surface area contributed by atoms with Gasteiger partial charge in [0.25, 0.3) is 0 Å². The molecule has 1 aromatic carbocycles. The van der Waals surface area contributed by atoms with Crippen molar-refractivity contribution in [3.8, 4) is 5.75 Å². The van der Waals surface area contributed by atoms with Crippen molar-refractivity contribution in [3.63, 3.8) is 0 Å². The molecular weight excluding hydrogens is 375 g/mol. The molecule has 1 atom stereocenters. The van der Waals surface area contributed by atoms with E-state index in [9.17, 15) is 5.11 Å². The zero-order valence-electron chi connectivity index (χ0n) is 12.1. The number of halogens is 3. The summed E-state index contributed by atoms with van der Waals surface area (Å²) in [5.41, 5.74) is 2.07. The number of hydrogen-bond acceptors (Lipinski definition) is 3. The Hall–Kier alpha value is -0.000000000000000111. The van der Waals surface area contributed by atoms with Crippen LogP contribution in [0.5, 0.6) is 5.75 Å². The molecule has 0 amide bonds. The summed E-state index contributed by atoms with van der Waals surface area (Å²) in [6, 6.07) is 4.42. The van der Waals surface area contributed by atoms with Gasteiger partial charge >= 0.3 is 0 Å². The number of benzene rings is 1. The van der Waals surface area contributed by atoms with Crippen LogP contribution in [0.4, 0.5) is 0 Å². The standard InChI is InChI=1S/C15H21BrN2O.2ClH/c1-10-2-5-12(16)13(15(10)19)14(11-3-4-11)18-8-6-17-7-9-18;;/h2,5,11,14,17,19H,3-4,6-9H2,1H3;2*1H/t14-;;/m0../s1. The lowest BCUT2D eigenvalue weighted by atomic mass is 9.97. The zero-order chi connectivity index (χ0) is 13.4. The van der Waals surface area contributed by atoms with Crippen LogP contribution in [-0.4, -0.2) is 36.2 Å². The van der Waals surface area contributed by atoms with Gasteiger partial charge in [-0.3, -0.25) is 4.90 Å². The lowest BCUT2D eigenvalue weighted by Crippen LogP contribution is -2.45. The highest BCUT2D eigenvalue weighted by atomic mass is 79.9. The average molecular weight is 398 g/mol. The average Bonchev–Trinajstić information content (AvgIpc) is 3.24. The summed E-state index contributed by atoms with van der Waals surface area (Å²) in [5, 5.41) is 13.9. The van der Waals surface area contributed by atoms with E-state index in [2.05, 4.69) is 32.2 Å². The van der Waals surface area contributed by atoms with E-state index in [-0.39, 0.29) is 24.8 Å². The summed E-state index contributed by atoms with van der Waals surface area (Å²) in [7, 11) is 0. The van der Waals surface area contributed by atoms with Gasteiger partial charge in [-0.15, -0.1) is 24.8 Å². The van der Waals surface area contributed by atoms with Crippen molar-refractivity contribution in [1.29, 1.82) is 0 Å². The van der Waals surface area contributed by atoms with Crippen molar-refractivity contribution in [2.24, 2.45) is 5.92 Å². The van der Waals surface area contributed by atoms with Crippen molar-refractivity contribution in [2.45, 2.75) is 25.8 Å². The van der Waals surface area contributed by atoms with Crippen LogP contribution in [0.3, 0.4) is 0 Å². The Kier molecular flexibility index (Phi) is 7.28. The minimum atomic E-state index is 0.